The molecule has 4 heterocycles. The Kier molecular flexibility index (Phi) is 4.67. The third-order valence-corrected chi connectivity index (χ3v) is 5.91. The number of piperidine rings is 1. The fraction of sp³-hybridized carbons (Fsp3) is 0.632. The number of aromatic nitrogens is 3. The number of hydrogen-bond acceptors (Lipinski definition) is 5. The van der Waals surface area contributed by atoms with Gasteiger partial charge in [0, 0.05) is 38.8 Å². The van der Waals surface area contributed by atoms with Crippen LogP contribution in [0.5, 0.6) is 0 Å². The van der Waals surface area contributed by atoms with Gasteiger partial charge in [0.05, 0.1) is 11.9 Å². The topological polar surface area (TPSA) is 57.0 Å². The lowest BCUT2D eigenvalue weighted by atomic mass is 10.0. The SMILES string of the molecule is CN1CCC(N2CC[C@@H](c3ccnc4c(C(=O)N(C)C)cnn34)C2)CC1. The number of carbonyl (C=O) groups is 1. The Balaban J connectivity index is 1.55. The van der Waals surface area contributed by atoms with E-state index in [1.807, 2.05) is 10.7 Å². The van der Waals surface area contributed by atoms with Gasteiger partial charge >= 0.3 is 0 Å². The van der Waals surface area contributed by atoms with Crippen molar-refractivity contribution in [1.82, 2.24) is 29.3 Å². The van der Waals surface area contributed by atoms with Crippen LogP contribution in [0.2, 0.25) is 0 Å². The van der Waals surface area contributed by atoms with E-state index in [0.717, 1.165) is 19.5 Å². The summed E-state index contributed by atoms with van der Waals surface area (Å²) in [6, 6.07) is 2.77. The van der Waals surface area contributed by atoms with Crippen molar-refractivity contribution in [3.8, 4) is 0 Å². The molecule has 0 aromatic carbocycles. The van der Waals surface area contributed by atoms with Crippen molar-refractivity contribution in [2.45, 2.75) is 31.2 Å². The quantitative estimate of drug-likeness (QED) is 0.830. The molecule has 0 unspecified atom stereocenters. The van der Waals surface area contributed by atoms with E-state index in [2.05, 4.69) is 33.0 Å². The summed E-state index contributed by atoms with van der Waals surface area (Å²) in [6.45, 7) is 4.61. The van der Waals surface area contributed by atoms with E-state index in [4.69, 9.17) is 0 Å². The molecule has 0 N–H and O–H groups in total. The maximum Gasteiger partial charge on any atom is 0.258 e. The average molecular weight is 356 g/mol. The summed E-state index contributed by atoms with van der Waals surface area (Å²) in [5.74, 6) is 0.395. The molecule has 140 valence electrons. The molecule has 2 aliphatic rings. The number of rotatable bonds is 3. The molecule has 2 aromatic heterocycles. The lowest BCUT2D eigenvalue weighted by Gasteiger charge is -2.35. The van der Waals surface area contributed by atoms with Crippen LogP contribution in [-0.2, 0) is 0 Å². The van der Waals surface area contributed by atoms with Crippen molar-refractivity contribution < 1.29 is 4.79 Å². The highest BCUT2D eigenvalue weighted by atomic mass is 16.2. The minimum Gasteiger partial charge on any atom is -0.345 e. The van der Waals surface area contributed by atoms with Crippen molar-refractivity contribution in [1.29, 1.82) is 0 Å². The predicted molar refractivity (Wildman–Crippen MR) is 100 cm³/mol. The Morgan fingerprint density at radius 3 is 2.69 bits per heavy atom. The second-order valence-electron chi connectivity index (χ2n) is 7.88. The summed E-state index contributed by atoms with van der Waals surface area (Å²) < 4.78 is 1.87. The molecule has 1 atom stereocenters. The molecule has 7 heteroatoms. The van der Waals surface area contributed by atoms with Gasteiger partial charge in [-0.25, -0.2) is 9.50 Å². The summed E-state index contributed by atoms with van der Waals surface area (Å²) in [7, 11) is 5.72. The van der Waals surface area contributed by atoms with Crippen LogP contribution in [0, 0.1) is 0 Å². The van der Waals surface area contributed by atoms with E-state index in [9.17, 15) is 4.79 Å². The summed E-state index contributed by atoms with van der Waals surface area (Å²) in [6.07, 6.45) is 7.13. The van der Waals surface area contributed by atoms with Gasteiger partial charge in [-0.3, -0.25) is 9.69 Å². The van der Waals surface area contributed by atoms with E-state index >= 15 is 0 Å². The largest absolute Gasteiger partial charge is 0.345 e. The maximum absolute atomic E-state index is 12.4. The molecule has 1 amide bonds. The third-order valence-electron chi connectivity index (χ3n) is 5.91. The Labute approximate surface area is 154 Å². The third kappa shape index (κ3) is 3.10. The molecule has 2 aliphatic heterocycles. The molecule has 4 rings (SSSR count). The molecular weight excluding hydrogens is 328 g/mol. The summed E-state index contributed by atoms with van der Waals surface area (Å²) in [5, 5.41) is 4.50. The number of nitrogens with zero attached hydrogens (tertiary/aromatic N) is 6. The predicted octanol–water partition coefficient (Wildman–Crippen LogP) is 1.31. The molecule has 2 aromatic rings. The van der Waals surface area contributed by atoms with E-state index in [-0.39, 0.29) is 5.91 Å². The van der Waals surface area contributed by atoms with Crippen LogP contribution in [0.3, 0.4) is 0 Å². The van der Waals surface area contributed by atoms with Gasteiger partial charge in [0.2, 0.25) is 0 Å². The Morgan fingerprint density at radius 1 is 1.19 bits per heavy atom. The van der Waals surface area contributed by atoms with Crippen LogP contribution < -0.4 is 0 Å². The smallest absolute Gasteiger partial charge is 0.258 e. The summed E-state index contributed by atoms with van der Waals surface area (Å²) in [4.78, 5) is 23.4. The van der Waals surface area contributed by atoms with Crippen LogP contribution in [0.25, 0.3) is 5.65 Å². The van der Waals surface area contributed by atoms with E-state index < -0.39 is 0 Å². The molecule has 0 bridgehead atoms. The van der Waals surface area contributed by atoms with Crippen molar-refractivity contribution in [2.24, 2.45) is 0 Å². The van der Waals surface area contributed by atoms with Gasteiger partial charge in [0.25, 0.3) is 5.91 Å². The molecule has 0 aliphatic carbocycles. The highest BCUT2D eigenvalue weighted by molar-refractivity contribution is 5.99. The molecule has 0 radical (unpaired) electrons. The second kappa shape index (κ2) is 6.96. The monoisotopic (exact) mass is 356 g/mol. The Morgan fingerprint density at radius 2 is 1.96 bits per heavy atom. The number of likely N-dealkylation sites (tertiary alicyclic amines) is 2. The molecule has 7 nitrogen and oxygen atoms in total. The Hall–Kier alpha value is -1.99. The average Bonchev–Trinajstić information content (AvgIpc) is 3.28. The van der Waals surface area contributed by atoms with Gasteiger partial charge in [0.1, 0.15) is 5.56 Å². The minimum absolute atomic E-state index is 0.0518. The van der Waals surface area contributed by atoms with Crippen LogP contribution in [0.15, 0.2) is 18.5 Å². The van der Waals surface area contributed by atoms with Crippen molar-refractivity contribution >= 4 is 11.6 Å². The van der Waals surface area contributed by atoms with Crippen LogP contribution in [-0.4, -0.2) is 88.6 Å². The lowest BCUT2D eigenvalue weighted by Crippen LogP contribution is -2.42. The van der Waals surface area contributed by atoms with Gasteiger partial charge in [-0.2, -0.15) is 5.10 Å². The van der Waals surface area contributed by atoms with Gasteiger partial charge < -0.3 is 9.80 Å². The van der Waals surface area contributed by atoms with Gasteiger partial charge in [-0.15, -0.1) is 0 Å². The molecule has 2 saturated heterocycles. The lowest BCUT2D eigenvalue weighted by molar-refractivity contribution is 0.0829. The molecule has 0 spiro atoms. The highest BCUT2D eigenvalue weighted by Crippen LogP contribution is 2.31. The number of carbonyl (C=O) groups excluding carboxylic acids is 1. The highest BCUT2D eigenvalue weighted by Gasteiger charge is 2.32. The van der Waals surface area contributed by atoms with Crippen LogP contribution in [0.4, 0.5) is 0 Å². The van der Waals surface area contributed by atoms with Gasteiger partial charge in [-0.1, -0.05) is 0 Å². The maximum atomic E-state index is 12.4. The van der Waals surface area contributed by atoms with Crippen LogP contribution >= 0.6 is 0 Å². The number of hydrogen-bond donors (Lipinski definition) is 0. The fourth-order valence-electron chi connectivity index (χ4n) is 4.33. The standard InChI is InChI=1S/C19H28N6O/c1-22(2)19(26)16-12-21-25-17(4-8-20-18(16)25)14-5-11-24(13-14)15-6-9-23(3)10-7-15/h4,8,12,14-15H,5-7,9-11,13H2,1-3H3/t14-/m1/s1. The zero-order chi connectivity index (χ0) is 18.3. The first kappa shape index (κ1) is 17.4. The van der Waals surface area contributed by atoms with Crippen molar-refractivity contribution in [3.63, 3.8) is 0 Å². The molecular formula is C19H28N6O. The second-order valence-corrected chi connectivity index (χ2v) is 7.88. The fourth-order valence-corrected chi connectivity index (χ4v) is 4.33. The Bertz CT molecular complexity index is 792. The van der Waals surface area contributed by atoms with Gasteiger partial charge in [0.15, 0.2) is 5.65 Å². The number of amides is 1. The van der Waals surface area contributed by atoms with E-state index in [1.54, 1.807) is 25.2 Å². The molecule has 2 fully saturated rings. The number of fused-ring (bicyclic) bond motifs is 1. The summed E-state index contributed by atoms with van der Waals surface area (Å²) >= 11 is 0. The first-order valence-electron chi connectivity index (χ1n) is 9.51. The zero-order valence-electron chi connectivity index (χ0n) is 15.9. The minimum atomic E-state index is -0.0518. The van der Waals surface area contributed by atoms with E-state index in [1.165, 1.54) is 31.6 Å². The van der Waals surface area contributed by atoms with Crippen molar-refractivity contribution in [3.05, 3.63) is 29.7 Å². The first-order chi connectivity index (χ1) is 12.5. The molecule has 0 saturated carbocycles. The normalized spacial score (nSPS) is 23.0. The zero-order valence-corrected chi connectivity index (χ0v) is 15.9. The first-order valence-corrected chi connectivity index (χ1v) is 9.51. The van der Waals surface area contributed by atoms with Crippen molar-refractivity contribution in [2.75, 3.05) is 47.3 Å². The van der Waals surface area contributed by atoms with Gasteiger partial charge in [-0.05, 0) is 52.0 Å². The summed E-state index contributed by atoms with van der Waals surface area (Å²) in [5.41, 5.74) is 2.41. The van der Waals surface area contributed by atoms with Crippen LogP contribution in [0.1, 0.15) is 41.2 Å². The van der Waals surface area contributed by atoms with E-state index in [0.29, 0.717) is 23.2 Å². The molecule has 26 heavy (non-hydrogen) atoms.